The molecule has 16 aromatic rings. The lowest BCUT2D eigenvalue weighted by atomic mass is 9.81. The highest BCUT2D eigenvalue weighted by Crippen LogP contribution is 2.51. The number of pyridine rings is 4. The fourth-order valence-corrected chi connectivity index (χ4v) is 21.2. The van der Waals surface area contributed by atoms with Gasteiger partial charge in [-0.15, -0.1) is 0 Å². The summed E-state index contributed by atoms with van der Waals surface area (Å²) in [6, 6.07) is 55.7. The van der Waals surface area contributed by atoms with Gasteiger partial charge in [-0.3, -0.25) is 0 Å². The molecule has 4 fully saturated rings. The highest BCUT2D eigenvalue weighted by Gasteiger charge is 2.33. The third-order valence-electron chi connectivity index (χ3n) is 27.2. The minimum absolute atomic E-state index is 0.479. The van der Waals surface area contributed by atoms with Crippen molar-refractivity contribution >= 4 is 99.1 Å². The van der Waals surface area contributed by atoms with Crippen molar-refractivity contribution in [2.45, 2.75) is 207 Å². The summed E-state index contributed by atoms with van der Waals surface area (Å²) in [5.74, 6) is 2.00. The number of aromatic nitrogens is 4. The topological polar surface area (TPSA) is 124 Å². The zero-order valence-corrected chi connectivity index (χ0v) is 71.8. The summed E-state index contributed by atoms with van der Waals surface area (Å²) in [6.45, 7) is 32.7. The van der Waals surface area contributed by atoms with Crippen molar-refractivity contribution < 1.29 is 35.9 Å². The molecule has 120 heavy (non-hydrogen) atoms. The number of fused-ring (bicyclic) bond motifs is 12. The number of nitrogens with zero attached hydrogens (tertiary/aromatic N) is 8. The van der Waals surface area contributed by atoms with Crippen LogP contribution in [0.1, 0.15) is 230 Å². The molecule has 4 aliphatic rings. The average molecular weight is 1580 g/mol. The first-order chi connectivity index (χ1) is 58.4. The Labute approximate surface area is 705 Å². The highest BCUT2D eigenvalue weighted by molar-refractivity contribution is 6.16. The molecule has 0 spiro atoms. The summed E-state index contributed by atoms with van der Waals surface area (Å²) >= 11 is 0. The van der Waals surface area contributed by atoms with Crippen LogP contribution in [0.3, 0.4) is 0 Å². The standard InChI is InChI=1S/4C27H27N2O/c1-17-13-14-20-25-18(2)26(28-3)21(19-10-6-5-7-11-19)16-23(25)30-27(20)24(17)22-12-8-9-15-29(22)4;1-17-14-18(2)26(23-12-8-9-13-29(23)4)27-25(17)21-15-22(28-3)20(16-24(21)30-27)19-10-6-5-7-11-19;1-17-12-13-21-25-20(16-28)15-18(2)23(19-9-5-4-6-10-19)27(25)30-26(21)24(17)22-11-7-8-14-29(22)3;1-17-12-13-20-25-22(16-28)18(2)15-21(19-9-5-4-6-10-19)27(25)30-26(20)24(17)23-11-7-8-14-29(23)3/h2*8-9,12-16,19H,5-7,10-11H2,1-2,4H3;2*7-8,11-15,19H,4-6,9-10H2,1-3H3/q4*+1. The van der Waals surface area contributed by atoms with Crippen LogP contribution in [0.25, 0.3) is 142 Å². The van der Waals surface area contributed by atoms with Gasteiger partial charge >= 0.3 is 0 Å². The molecule has 4 aliphatic carbocycles. The lowest BCUT2D eigenvalue weighted by molar-refractivity contribution is -0.660. The SMILES string of the molecule is Cc1ccc2c(oc3c(C4CCCCC4)c(C)cc(C#N)c32)c1-c1cccc[n+]1C.Cc1ccc2c(oc3c(C4CCCCC4)cc(C)c(C#N)c32)c1-c1cccc[n+]1C.[C-]#[N+]c1c(C2CCCCC2)cc2oc3c(-c4cccc[n+]4C)c(C)ccc3c2c1C.[C-]#[N+]c1cc2c(cc1C1CCCCC1)oc1c(-c3cccc[n+]3C)c(C)cc(C)c12. The molecule has 600 valence electrons. The third kappa shape index (κ3) is 14.4. The minimum Gasteiger partial charge on any atom is -0.455 e. The van der Waals surface area contributed by atoms with Crippen LogP contribution in [0.4, 0.5) is 11.4 Å². The molecule has 8 heterocycles. The predicted octanol–water partition coefficient (Wildman–Crippen LogP) is 27.8. The number of aryl methyl sites for hydroxylation is 12. The minimum atomic E-state index is 0.479. The van der Waals surface area contributed by atoms with E-state index in [4.69, 9.17) is 30.8 Å². The van der Waals surface area contributed by atoms with E-state index >= 15 is 0 Å². The summed E-state index contributed by atoms with van der Waals surface area (Å²) in [7, 11) is 8.27. The second kappa shape index (κ2) is 33.7. The van der Waals surface area contributed by atoms with E-state index in [1.807, 2.05) is 24.3 Å². The van der Waals surface area contributed by atoms with E-state index in [1.54, 1.807) is 0 Å². The van der Waals surface area contributed by atoms with Gasteiger partial charge in [0.15, 0.2) is 36.2 Å². The molecule has 0 radical (unpaired) electrons. The molecule has 0 atom stereocenters. The van der Waals surface area contributed by atoms with E-state index in [1.165, 1.54) is 184 Å². The van der Waals surface area contributed by atoms with E-state index in [-0.39, 0.29) is 0 Å². The fraction of sp³-hybridized carbons (Fsp3) is 0.333. The third-order valence-corrected chi connectivity index (χ3v) is 27.2. The molecule has 8 aromatic carbocycles. The van der Waals surface area contributed by atoms with Gasteiger partial charge in [-0.2, -0.15) is 10.5 Å². The number of benzene rings is 8. The molecule has 20 rings (SSSR count). The van der Waals surface area contributed by atoms with E-state index in [9.17, 15) is 10.5 Å². The van der Waals surface area contributed by atoms with Crippen LogP contribution in [0.5, 0.6) is 0 Å². The van der Waals surface area contributed by atoms with E-state index < -0.39 is 0 Å². The molecule has 12 nitrogen and oxygen atoms in total. The maximum Gasteiger partial charge on any atom is 0.216 e. The molecular formula is C108H108N8O4+4. The van der Waals surface area contributed by atoms with Gasteiger partial charge in [0.2, 0.25) is 22.8 Å². The van der Waals surface area contributed by atoms with Gasteiger partial charge in [0.05, 0.1) is 52.6 Å². The molecule has 8 aromatic heterocycles. The van der Waals surface area contributed by atoms with Crippen LogP contribution in [-0.4, -0.2) is 0 Å². The lowest BCUT2D eigenvalue weighted by Crippen LogP contribution is -2.30. The summed E-state index contributed by atoms with van der Waals surface area (Å²) in [5.41, 5.74) is 33.7. The highest BCUT2D eigenvalue weighted by atomic mass is 16.3. The average Bonchev–Trinajstić information content (AvgIpc) is 1.60. The number of hydrogen-bond donors (Lipinski definition) is 0. The zero-order chi connectivity index (χ0) is 83.3. The van der Waals surface area contributed by atoms with Crippen molar-refractivity contribution in [3.05, 3.63) is 271 Å². The van der Waals surface area contributed by atoms with Crippen LogP contribution in [-0.2, 0) is 28.2 Å². The van der Waals surface area contributed by atoms with Crippen molar-refractivity contribution in [2.75, 3.05) is 0 Å². The molecule has 4 saturated carbocycles. The number of furan rings is 4. The first-order valence-corrected chi connectivity index (χ1v) is 43.7. The van der Waals surface area contributed by atoms with Gasteiger partial charge in [-0.25, -0.2) is 28.0 Å². The van der Waals surface area contributed by atoms with Crippen LogP contribution in [0.2, 0.25) is 0 Å². The summed E-state index contributed by atoms with van der Waals surface area (Å²) in [6.07, 6.45) is 33.2. The largest absolute Gasteiger partial charge is 0.455 e. The molecule has 0 bridgehead atoms. The van der Waals surface area contributed by atoms with Crippen LogP contribution in [0, 0.1) is 91.2 Å². The van der Waals surface area contributed by atoms with Crippen LogP contribution in [0.15, 0.2) is 188 Å². The molecule has 0 N–H and O–H groups in total. The van der Waals surface area contributed by atoms with E-state index in [0.29, 0.717) is 29.2 Å². The monoisotopic (exact) mass is 1580 g/mol. The van der Waals surface area contributed by atoms with Gasteiger partial charge in [0, 0.05) is 97.2 Å². The Bertz CT molecular complexity index is 6870. The number of hydrogen-bond acceptors (Lipinski definition) is 6. The Morgan fingerprint density at radius 1 is 0.333 bits per heavy atom. The fourth-order valence-electron chi connectivity index (χ4n) is 21.2. The summed E-state index contributed by atoms with van der Waals surface area (Å²) in [4.78, 5) is 7.93. The summed E-state index contributed by atoms with van der Waals surface area (Å²) in [5, 5.41) is 28.4. The van der Waals surface area contributed by atoms with Crippen molar-refractivity contribution in [2.24, 2.45) is 28.2 Å². The van der Waals surface area contributed by atoms with Crippen LogP contribution < -0.4 is 18.3 Å². The van der Waals surface area contributed by atoms with Crippen molar-refractivity contribution in [3.8, 4) is 57.2 Å². The molecule has 0 unspecified atom stereocenters. The quantitative estimate of drug-likeness (QED) is 0.110. The van der Waals surface area contributed by atoms with Gasteiger partial charge in [0.25, 0.3) is 0 Å². The summed E-state index contributed by atoms with van der Waals surface area (Å²) < 4.78 is 35.1. The van der Waals surface area contributed by atoms with E-state index in [2.05, 4.69) is 270 Å². The number of nitriles is 2. The Balaban J connectivity index is 0.000000114. The lowest BCUT2D eigenvalue weighted by Gasteiger charge is -2.24. The van der Waals surface area contributed by atoms with Crippen LogP contribution >= 0.6 is 0 Å². The molecule has 12 heteroatoms. The zero-order valence-electron chi connectivity index (χ0n) is 71.8. The Kier molecular flexibility index (Phi) is 22.5. The van der Waals surface area contributed by atoms with E-state index in [0.717, 1.165) is 161 Å². The van der Waals surface area contributed by atoms with Crippen molar-refractivity contribution in [1.29, 1.82) is 10.5 Å². The smallest absolute Gasteiger partial charge is 0.216 e. The predicted molar refractivity (Wildman–Crippen MR) is 484 cm³/mol. The first kappa shape index (κ1) is 80.0. The number of rotatable bonds is 8. The van der Waals surface area contributed by atoms with Crippen molar-refractivity contribution in [3.63, 3.8) is 0 Å². The second-order valence-corrected chi connectivity index (χ2v) is 34.9. The molecule has 0 aliphatic heterocycles. The maximum atomic E-state index is 9.98. The second-order valence-electron chi connectivity index (χ2n) is 34.9. The van der Waals surface area contributed by atoms with Gasteiger partial charge in [-0.05, 0) is 240 Å². The van der Waals surface area contributed by atoms with Gasteiger partial charge in [0.1, 0.15) is 78.9 Å². The molecule has 0 amide bonds. The van der Waals surface area contributed by atoms with Gasteiger partial charge in [-0.1, -0.05) is 126 Å². The Morgan fingerprint density at radius 3 is 1.23 bits per heavy atom. The Morgan fingerprint density at radius 2 is 0.758 bits per heavy atom. The first-order valence-electron chi connectivity index (χ1n) is 43.7. The normalized spacial score (nSPS) is 15.0. The molecular weight excluding hydrogens is 1470 g/mol. The van der Waals surface area contributed by atoms with Crippen molar-refractivity contribution in [1.82, 2.24) is 0 Å². The Hall–Kier alpha value is -12.5. The molecule has 0 saturated heterocycles. The van der Waals surface area contributed by atoms with Gasteiger partial charge < -0.3 is 17.7 Å². The maximum absolute atomic E-state index is 9.98.